The lowest BCUT2D eigenvalue weighted by atomic mass is 10.0. The average molecular weight is 412 g/mol. The molecule has 146 valence electrons. The van der Waals surface area contributed by atoms with Gasteiger partial charge in [-0.3, -0.25) is 0 Å². The Morgan fingerprint density at radius 3 is 1.10 bits per heavy atom. The Kier molecular flexibility index (Phi) is 6.78. The van der Waals surface area contributed by atoms with Crippen molar-refractivity contribution >= 4 is 18.6 Å². The van der Waals surface area contributed by atoms with Crippen molar-refractivity contribution in [3.8, 4) is 32.0 Å². The molecular formula is C23H17BF4S. The fraction of sp³-hybridized carbons (Fsp3) is 0. The highest BCUT2D eigenvalue weighted by Crippen LogP contribution is 2.37. The van der Waals surface area contributed by atoms with Gasteiger partial charge in [0.25, 0.3) is 0 Å². The number of halogens is 4. The molecule has 0 nitrogen and oxygen atoms in total. The van der Waals surface area contributed by atoms with Crippen molar-refractivity contribution in [2.75, 3.05) is 0 Å². The van der Waals surface area contributed by atoms with Crippen LogP contribution in [0.4, 0.5) is 17.3 Å². The van der Waals surface area contributed by atoms with Crippen LogP contribution in [0.25, 0.3) is 32.0 Å². The van der Waals surface area contributed by atoms with E-state index in [2.05, 4.69) is 103 Å². The van der Waals surface area contributed by atoms with Crippen molar-refractivity contribution < 1.29 is 17.3 Å². The lowest BCUT2D eigenvalue weighted by molar-refractivity contribution is 0.368. The van der Waals surface area contributed by atoms with Crippen molar-refractivity contribution in [3.05, 3.63) is 103 Å². The number of hydrogen-bond donors (Lipinski definition) is 0. The average Bonchev–Trinajstić information content (AvgIpc) is 2.74. The molecule has 1 aromatic heterocycles. The van der Waals surface area contributed by atoms with Crippen molar-refractivity contribution in [1.82, 2.24) is 0 Å². The van der Waals surface area contributed by atoms with E-state index >= 15 is 0 Å². The molecule has 0 bridgehead atoms. The zero-order valence-electron chi connectivity index (χ0n) is 15.3. The topological polar surface area (TPSA) is 0 Å². The lowest BCUT2D eigenvalue weighted by Gasteiger charge is -2.02. The first kappa shape index (κ1) is 20.7. The van der Waals surface area contributed by atoms with E-state index in [4.69, 9.17) is 0 Å². The molecule has 0 fully saturated rings. The molecule has 0 N–H and O–H groups in total. The van der Waals surface area contributed by atoms with Gasteiger partial charge in [-0.05, 0) is 35.4 Å². The van der Waals surface area contributed by atoms with Gasteiger partial charge in [-0.15, -0.1) is 0 Å². The summed E-state index contributed by atoms with van der Waals surface area (Å²) in [6.07, 6.45) is 0. The predicted octanol–water partition coefficient (Wildman–Crippen LogP) is 8.33. The Labute approximate surface area is 171 Å². The molecule has 0 aliphatic heterocycles. The fourth-order valence-electron chi connectivity index (χ4n) is 2.79. The van der Waals surface area contributed by atoms with Gasteiger partial charge in [0.15, 0.2) is 0 Å². The number of hydrogen-bond acceptors (Lipinski definition) is 0. The van der Waals surface area contributed by atoms with Crippen molar-refractivity contribution in [2.45, 2.75) is 0 Å². The van der Waals surface area contributed by atoms with Gasteiger partial charge in [0.1, 0.15) is 0 Å². The molecule has 0 aliphatic rings. The molecule has 6 heteroatoms. The molecule has 0 unspecified atom stereocenters. The van der Waals surface area contributed by atoms with Crippen molar-refractivity contribution in [1.29, 1.82) is 0 Å². The summed E-state index contributed by atoms with van der Waals surface area (Å²) in [6.45, 7) is 0. The highest BCUT2D eigenvalue weighted by atomic mass is 32.1. The van der Waals surface area contributed by atoms with E-state index < -0.39 is 7.25 Å². The van der Waals surface area contributed by atoms with Crippen LogP contribution in [0.15, 0.2) is 103 Å². The molecule has 0 saturated heterocycles. The van der Waals surface area contributed by atoms with Crippen LogP contribution in [-0.2, 0) is 0 Å². The standard InChI is InChI=1S/C23H17S.BF4/c1-4-10-18(11-5-1)21-16-22(19-12-6-2-7-13-19)24-23(17-21)20-14-8-3-9-15-20;2-1(3,4)5/h1-17H;/q+1;-1. The first-order chi connectivity index (χ1) is 13.9. The van der Waals surface area contributed by atoms with Gasteiger partial charge in [-0.2, -0.15) is 0 Å². The Morgan fingerprint density at radius 1 is 0.448 bits per heavy atom. The predicted molar refractivity (Wildman–Crippen MR) is 115 cm³/mol. The van der Waals surface area contributed by atoms with E-state index in [0.717, 1.165) is 0 Å². The van der Waals surface area contributed by atoms with Crippen LogP contribution in [0.2, 0.25) is 0 Å². The number of benzene rings is 3. The Hall–Kier alpha value is -2.99. The third-order valence-corrected chi connectivity index (χ3v) is 5.16. The van der Waals surface area contributed by atoms with E-state index in [-0.39, 0.29) is 0 Å². The molecule has 29 heavy (non-hydrogen) atoms. The second kappa shape index (κ2) is 9.48. The minimum atomic E-state index is -6.00. The molecule has 0 spiro atoms. The maximum atomic E-state index is 9.75. The molecule has 4 aromatic rings. The summed E-state index contributed by atoms with van der Waals surface area (Å²) in [5.74, 6) is 0. The summed E-state index contributed by atoms with van der Waals surface area (Å²) >= 11 is 1.84. The van der Waals surface area contributed by atoms with Crippen LogP contribution in [0.1, 0.15) is 0 Å². The summed E-state index contributed by atoms with van der Waals surface area (Å²) in [5, 5.41) is 0. The van der Waals surface area contributed by atoms with Gasteiger partial charge < -0.3 is 17.3 Å². The van der Waals surface area contributed by atoms with Crippen LogP contribution in [0.3, 0.4) is 0 Å². The van der Waals surface area contributed by atoms with Crippen molar-refractivity contribution in [3.63, 3.8) is 0 Å². The van der Waals surface area contributed by atoms with E-state index in [1.807, 2.05) is 11.3 Å². The molecule has 1 heterocycles. The smallest absolute Gasteiger partial charge is 0.418 e. The Morgan fingerprint density at radius 2 is 0.759 bits per heavy atom. The quantitative estimate of drug-likeness (QED) is 0.180. The van der Waals surface area contributed by atoms with Gasteiger partial charge in [0.2, 0.25) is 21.1 Å². The zero-order chi connectivity index (χ0) is 20.7. The maximum absolute atomic E-state index is 9.75. The summed E-state index contributed by atoms with van der Waals surface area (Å²) in [5.41, 5.74) is 5.03. The SMILES string of the molecule is F[B-](F)(F)F.c1ccc(-c2cc(-c3ccccc3)[s+]c(-c3ccccc3)c2)cc1. The molecule has 3 aromatic carbocycles. The Bertz CT molecular complexity index is 891. The molecule has 0 saturated carbocycles. The van der Waals surface area contributed by atoms with Gasteiger partial charge in [-0.1, -0.05) is 66.7 Å². The van der Waals surface area contributed by atoms with Gasteiger partial charge in [0.05, 0.1) is 0 Å². The fourth-order valence-corrected chi connectivity index (χ4v) is 3.90. The van der Waals surface area contributed by atoms with Gasteiger partial charge >= 0.3 is 7.25 Å². The second-order valence-corrected chi connectivity index (χ2v) is 7.25. The minimum absolute atomic E-state index is 1.25. The first-order valence-electron chi connectivity index (χ1n) is 8.92. The van der Waals surface area contributed by atoms with Crippen LogP contribution in [0.5, 0.6) is 0 Å². The van der Waals surface area contributed by atoms with Gasteiger partial charge in [0, 0.05) is 23.3 Å². The highest BCUT2D eigenvalue weighted by Gasteiger charge is 2.20. The highest BCUT2D eigenvalue weighted by molar-refractivity contribution is 7.18. The monoisotopic (exact) mass is 412 g/mol. The molecular weight excluding hydrogens is 395 g/mol. The molecule has 4 rings (SSSR count). The summed E-state index contributed by atoms with van der Waals surface area (Å²) in [4.78, 5) is 2.58. The minimum Gasteiger partial charge on any atom is -0.418 e. The number of rotatable bonds is 3. The third kappa shape index (κ3) is 6.54. The molecule has 0 atom stereocenters. The summed E-state index contributed by atoms with van der Waals surface area (Å²) in [7, 11) is -6.00. The molecule has 0 amide bonds. The van der Waals surface area contributed by atoms with E-state index in [1.54, 1.807) is 0 Å². The Balaban J connectivity index is 0.000000431. The summed E-state index contributed by atoms with van der Waals surface area (Å²) < 4.78 is 39.0. The zero-order valence-corrected chi connectivity index (χ0v) is 16.1. The molecule has 0 aliphatic carbocycles. The van der Waals surface area contributed by atoms with E-state index in [0.29, 0.717) is 0 Å². The first-order valence-corrected chi connectivity index (χ1v) is 9.73. The van der Waals surface area contributed by atoms with E-state index in [1.165, 1.54) is 32.0 Å². The van der Waals surface area contributed by atoms with Crippen molar-refractivity contribution in [2.24, 2.45) is 0 Å². The van der Waals surface area contributed by atoms with E-state index in [9.17, 15) is 17.3 Å². The van der Waals surface area contributed by atoms with Crippen LogP contribution >= 0.6 is 11.3 Å². The van der Waals surface area contributed by atoms with Gasteiger partial charge in [-0.25, -0.2) is 0 Å². The van der Waals surface area contributed by atoms with Crippen LogP contribution in [0, 0.1) is 0 Å². The normalized spacial score (nSPS) is 10.8. The lowest BCUT2D eigenvalue weighted by Crippen LogP contribution is -2.02. The van der Waals surface area contributed by atoms with Crippen LogP contribution < -0.4 is 0 Å². The summed E-state index contributed by atoms with van der Waals surface area (Å²) in [6, 6.07) is 36.4. The molecule has 0 radical (unpaired) electrons. The van der Waals surface area contributed by atoms with Crippen LogP contribution in [-0.4, -0.2) is 7.25 Å². The second-order valence-electron chi connectivity index (χ2n) is 6.17. The maximum Gasteiger partial charge on any atom is 0.673 e. The largest absolute Gasteiger partial charge is 0.673 e. The third-order valence-electron chi connectivity index (χ3n) is 4.02.